The molecule has 136 valence electrons. The molecule has 0 saturated carbocycles. The first-order valence-corrected chi connectivity index (χ1v) is 9.43. The second-order valence-corrected chi connectivity index (χ2v) is 6.88. The van der Waals surface area contributed by atoms with Crippen LogP contribution in [-0.4, -0.2) is 31.2 Å². The highest BCUT2D eigenvalue weighted by atomic mass is 32.1. The highest BCUT2D eigenvalue weighted by Gasteiger charge is 2.19. The molecule has 26 heavy (non-hydrogen) atoms. The lowest BCUT2D eigenvalue weighted by molar-refractivity contribution is 0.0461. The zero-order valence-electron chi connectivity index (χ0n) is 15.1. The SMILES string of the molecule is CCCn1nnnc1COC(=O)c1sc(-c2ccc(CC)cc2)nc1C. The van der Waals surface area contributed by atoms with Gasteiger partial charge in [-0.25, -0.2) is 14.5 Å². The summed E-state index contributed by atoms with van der Waals surface area (Å²) in [5, 5.41) is 12.2. The van der Waals surface area contributed by atoms with E-state index in [1.165, 1.54) is 16.9 Å². The number of nitrogens with zero attached hydrogens (tertiary/aromatic N) is 5. The fourth-order valence-corrected chi connectivity index (χ4v) is 3.47. The van der Waals surface area contributed by atoms with Crippen molar-refractivity contribution in [3.8, 4) is 10.6 Å². The molecule has 0 aliphatic heterocycles. The van der Waals surface area contributed by atoms with Gasteiger partial charge in [-0.05, 0) is 35.8 Å². The Morgan fingerprint density at radius 2 is 2.00 bits per heavy atom. The summed E-state index contributed by atoms with van der Waals surface area (Å²) >= 11 is 1.34. The molecular weight excluding hydrogens is 350 g/mol. The maximum atomic E-state index is 12.4. The van der Waals surface area contributed by atoms with E-state index in [1.807, 2.05) is 26.0 Å². The van der Waals surface area contributed by atoms with Gasteiger partial charge in [-0.3, -0.25) is 0 Å². The van der Waals surface area contributed by atoms with E-state index in [0.717, 1.165) is 23.4 Å². The van der Waals surface area contributed by atoms with Crippen molar-refractivity contribution in [1.29, 1.82) is 0 Å². The van der Waals surface area contributed by atoms with Gasteiger partial charge in [0.2, 0.25) is 0 Å². The molecule has 2 heterocycles. The number of carbonyl (C=O) groups excluding carboxylic acids is 1. The topological polar surface area (TPSA) is 82.8 Å². The van der Waals surface area contributed by atoms with Crippen molar-refractivity contribution < 1.29 is 9.53 Å². The van der Waals surface area contributed by atoms with Gasteiger partial charge in [-0.1, -0.05) is 38.1 Å². The molecule has 0 saturated heterocycles. The minimum atomic E-state index is -0.400. The second kappa shape index (κ2) is 8.18. The van der Waals surface area contributed by atoms with Gasteiger partial charge in [0.25, 0.3) is 0 Å². The quantitative estimate of drug-likeness (QED) is 0.592. The van der Waals surface area contributed by atoms with E-state index < -0.39 is 5.97 Å². The van der Waals surface area contributed by atoms with Crippen molar-refractivity contribution in [1.82, 2.24) is 25.2 Å². The molecule has 3 aromatic rings. The molecule has 0 amide bonds. The van der Waals surface area contributed by atoms with Crippen LogP contribution in [0.25, 0.3) is 10.6 Å². The highest BCUT2D eigenvalue weighted by molar-refractivity contribution is 7.17. The van der Waals surface area contributed by atoms with Crippen molar-refractivity contribution in [3.63, 3.8) is 0 Å². The fraction of sp³-hybridized carbons (Fsp3) is 0.389. The smallest absolute Gasteiger partial charge is 0.350 e. The maximum absolute atomic E-state index is 12.4. The zero-order chi connectivity index (χ0) is 18.5. The number of benzene rings is 1. The van der Waals surface area contributed by atoms with Gasteiger partial charge in [0.05, 0.1) is 5.69 Å². The molecule has 0 unspecified atom stereocenters. The Morgan fingerprint density at radius 1 is 1.23 bits per heavy atom. The van der Waals surface area contributed by atoms with Crippen molar-refractivity contribution in [2.24, 2.45) is 0 Å². The lowest BCUT2D eigenvalue weighted by Crippen LogP contribution is -2.10. The van der Waals surface area contributed by atoms with Gasteiger partial charge in [0, 0.05) is 12.1 Å². The fourth-order valence-electron chi connectivity index (χ4n) is 2.50. The van der Waals surface area contributed by atoms with Crippen LogP contribution >= 0.6 is 11.3 Å². The molecule has 0 spiro atoms. The number of carbonyl (C=O) groups is 1. The Morgan fingerprint density at radius 3 is 2.69 bits per heavy atom. The molecule has 0 radical (unpaired) electrons. The molecule has 0 N–H and O–H groups in total. The molecule has 0 aliphatic carbocycles. The van der Waals surface area contributed by atoms with Crippen LogP contribution in [0, 0.1) is 6.92 Å². The van der Waals surface area contributed by atoms with Crippen molar-refractivity contribution in [3.05, 3.63) is 46.2 Å². The Bertz CT molecular complexity index is 885. The number of thiazole rings is 1. The van der Waals surface area contributed by atoms with Crippen LogP contribution in [0.1, 0.15) is 47.0 Å². The highest BCUT2D eigenvalue weighted by Crippen LogP contribution is 2.28. The molecule has 7 nitrogen and oxygen atoms in total. The standard InChI is InChI=1S/C18H21N5O2S/c1-4-10-23-15(20-21-22-23)11-25-18(24)16-12(3)19-17(26-16)14-8-6-13(5-2)7-9-14/h6-9H,4-5,10-11H2,1-3H3. The predicted molar refractivity (Wildman–Crippen MR) is 98.9 cm³/mol. The van der Waals surface area contributed by atoms with Crippen molar-refractivity contribution in [2.75, 3.05) is 0 Å². The number of rotatable bonds is 7. The maximum Gasteiger partial charge on any atom is 0.350 e. The minimum Gasteiger partial charge on any atom is -0.453 e. The summed E-state index contributed by atoms with van der Waals surface area (Å²) in [6.45, 7) is 6.71. The first-order valence-electron chi connectivity index (χ1n) is 8.61. The van der Waals surface area contributed by atoms with E-state index in [2.05, 4.69) is 39.6 Å². The second-order valence-electron chi connectivity index (χ2n) is 5.88. The van der Waals surface area contributed by atoms with Gasteiger partial charge in [-0.2, -0.15) is 0 Å². The number of aryl methyl sites for hydroxylation is 3. The number of ether oxygens (including phenoxy) is 1. The minimum absolute atomic E-state index is 0.0453. The summed E-state index contributed by atoms with van der Waals surface area (Å²) in [4.78, 5) is 17.5. The lowest BCUT2D eigenvalue weighted by atomic mass is 10.1. The molecule has 0 fully saturated rings. The molecule has 8 heteroatoms. The Kier molecular flexibility index (Phi) is 5.72. The molecule has 0 aliphatic rings. The normalized spacial score (nSPS) is 10.9. The van der Waals surface area contributed by atoms with E-state index in [0.29, 0.717) is 22.9 Å². The summed E-state index contributed by atoms with van der Waals surface area (Å²) in [6.07, 6.45) is 1.90. The van der Waals surface area contributed by atoms with E-state index in [9.17, 15) is 4.79 Å². The Balaban J connectivity index is 1.71. The van der Waals surface area contributed by atoms with Crippen LogP contribution in [0.2, 0.25) is 0 Å². The van der Waals surface area contributed by atoms with Crippen LogP contribution < -0.4 is 0 Å². The van der Waals surface area contributed by atoms with E-state index in [-0.39, 0.29) is 6.61 Å². The van der Waals surface area contributed by atoms with Crippen LogP contribution in [0.5, 0.6) is 0 Å². The third kappa shape index (κ3) is 3.96. The van der Waals surface area contributed by atoms with E-state index >= 15 is 0 Å². The first kappa shape index (κ1) is 18.2. The van der Waals surface area contributed by atoms with Crippen molar-refractivity contribution in [2.45, 2.75) is 46.8 Å². The average molecular weight is 371 g/mol. The van der Waals surface area contributed by atoms with Gasteiger partial charge >= 0.3 is 5.97 Å². The first-order chi connectivity index (χ1) is 12.6. The van der Waals surface area contributed by atoms with Crippen LogP contribution in [-0.2, 0) is 24.3 Å². The predicted octanol–water partition coefficient (Wildman–Crippen LogP) is 3.43. The third-order valence-corrected chi connectivity index (χ3v) is 5.15. The number of aromatic nitrogens is 5. The summed E-state index contributed by atoms with van der Waals surface area (Å²) in [5.41, 5.74) is 2.94. The molecule has 0 bridgehead atoms. The molecule has 0 atom stereocenters. The molecule has 2 aromatic heterocycles. The molecule has 3 rings (SSSR count). The largest absolute Gasteiger partial charge is 0.453 e. The van der Waals surface area contributed by atoms with Gasteiger partial charge in [-0.15, -0.1) is 16.4 Å². The zero-order valence-corrected chi connectivity index (χ0v) is 15.9. The number of esters is 1. The monoisotopic (exact) mass is 371 g/mol. The molecular formula is C18H21N5O2S. The number of hydrogen-bond donors (Lipinski definition) is 0. The Hall–Kier alpha value is -2.61. The van der Waals surface area contributed by atoms with E-state index in [4.69, 9.17) is 4.74 Å². The number of hydrogen-bond acceptors (Lipinski definition) is 7. The third-order valence-electron chi connectivity index (χ3n) is 3.96. The van der Waals surface area contributed by atoms with Crippen LogP contribution in [0.15, 0.2) is 24.3 Å². The summed E-state index contributed by atoms with van der Waals surface area (Å²) in [7, 11) is 0. The van der Waals surface area contributed by atoms with Crippen molar-refractivity contribution >= 4 is 17.3 Å². The van der Waals surface area contributed by atoms with E-state index in [1.54, 1.807) is 4.68 Å². The lowest BCUT2D eigenvalue weighted by Gasteiger charge is -2.04. The van der Waals surface area contributed by atoms with Crippen LogP contribution in [0.3, 0.4) is 0 Å². The summed E-state index contributed by atoms with van der Waals surface area (Å²) in [5.74, 6) is 0.139. The van der Waals surface area contributed by atoms with Gasteiger partial charge in [0.1, 0.15) is 9.88 Å². The number of tetrazole rings is 1. The average Bonchev–Trinajstić information content (AvgIpc) is 3.26. The van der Waals surface area contributed by atoms with Gasteiger partial charge < -0.3 is 4.74 Å². The summed E-state index contributed by atoms with van der Waals surface area (Å²) in [6, 6.07) is 8.23. The van der Waals surface area contributed by atoms with Crippen LogP contribution in [0.4, 0.5) is 0 Å². The Labute approximate surface area is 156 Å². The summed E-state index contributed by atoms with van der Waals surface area (Å²) < 4.78 is 7.04. The van der Waals surface area contributed by atoms with Gasteiger partial charge in [0.15, 0.2) is 12.4 Å². The molecule has 1 aromatic carbocycles.